The first-order valence-corrected chi connectivity index (χ1v) is 9.31. The molecule has 0 atom stereocenters. The summed E-state index contributed by atoms with van der Waals surface area (Å²) in [5.74, 6) is 1.39. The average molecular weight is 381 g/mol. The third-order valence-corrected chi connectivity index (χ3v) is 5.00. The van der Waals surface area contributed by atoms with E-state index in [9.17, 15) is 8.42 Å². The Morgan fingerprint density at radius 2 is 1.81 bits per heavy atom. The van der Waals surface area contributed by atoms with Crippen LogP contribution in [-0.4, -0.2) is 60.0 Å². The minimum absolute atomic E-state index is 0.101. The maximum atomic E-state index is 12.4. The molecule has 0 saturated carbocycles. The largest absolute Gasteiger partial charge is 0.493 e. The molecule has 2 N–H and O–H groups in total. The smallest absolute Gasteiger partial charge is 0.240 e. The molecule has 0 unspecified atom stereocenters. The summed E-state index contributed by atoms with van der Waals surface area (Å²) < 4.78 is 37.5. The van der Waals surface area contributed by atoms with Gasteiger partial charge >= 0.3 is 0 Å². The molecule has 9 nitrogen and oxygen atoms in total. The number of hydrogen-bond donors (Lipinski definition) is 2. The molecule has 142 valence electrons. The predicted octanol–water partition coefficient (Wildman–Crippen LogP) is 0.950. The molecular weight excluding hydrogens is 358 g/mol. The number of anilines is 2. The van der Waals surface area contributed by atoms with Crippen LogP contribution in [0.25, 0.3) is 0 Å². The maximum Gasteiger partial charge on any atom is 0.240 e. The number of nitrogens with zero attached hydrogens (tertiary/aromatic N) is 3. The minimum Gasteiger partial charge on any atom is -0.493 e. The molecule has 0 fully saturated rings. The molecule has 0 aliphatic rings. The van der Waals surface area contributed by atoms with Gasteiger partial charge in [-0.3, -0.25) is 0 Å². The highest BCUT2D eigenvalue weighted by Crippen LogP contribution is 2.29. The second-order valence-corrected chi connectivity index (χ2v) is 7.30. The fourth-order valence-electron chi connectivity index (χ4n) is 2.13. The average Bonchev–Trinajstić information content (AvgIpc) is 2.64. The lowest BCUT2D eigenvalue weighted by molar-refractivity contribution is 0.354. The third-order valence-electron chi connectivity index (χ3n) is 3.54. The zero-order valence-corrected chi connectivity index (χ0v) is 16.0. The lowest BCUT2D eigenvalue weighted by atomic mass is 10.3. The molecule has 1 aromatic carbocycles. The van der Waals surface area contributed by atoms with Crippen molar-refractivity contribution in [2.45, 2.75) is 4.90 Å². The molecule has 0 spiro atoms. The molecular formula is C16H23N5O4S. The predicted molar refractivity (Wildman–Crippen MR) is 99.6 cm³/mol. The van der Waals surface area contributed by atoms with E-state index in [1.807, 2.05) is 25.1 Å². The van der Waals surface area contributed by atoms with E-state index in [1.165, 1.54) is 26.4 Å². The molecule has 0 amide bonds. The lowest BCUT2D eigenvalue weighted by Crippen LogP contribution is -2.29. The van der Waals surface area contributed by atoms with Gasteiger partial charge in [0.05, 0.1) is 31.0 Å². The molecule has 2 aromatic rings. The number of rotatable bonds is 9. The van der Waals surface area contributed by atoms with Gasteiger partial charge in [-0.15, -0.1) is 5.10 Å². The molecule has 0 bridgehead atoms. The summed E-state index contributed by atoms with van der Waals surface area (Å²) in [5, 5.41) is 10.9. The number of nitrogens with one attached hydrogen (secondary N) is 2. The van der Waals surface area contributed by atoms with Crippen molar-refractivity contribution in [3.05, 3.63) is 30.5 Å². The lowest BCUT2D eigenvalue weighted by Gasteiger charge is -2.13. The minimum atomic E-state index is -3.66. The zero-order chi connectivity index (χ0) is 19.2. The third kappa shape index (κ3) is 4.96. The van der Waals surface area contributed by atoms with Crippen LogP contribution in [0.4, 0.5) is 11.5 Å². The van der Waals surface area contributed by atoms with Crippen LogP contribution in [0.2, 0.25) is 0 Å². The number of sulfonamides is 1. The van der Waals surface area contributed by atoms with E-state index in [-0.39, 0.29) is 11.4 Å². The van der Waals surface area contributed by atoms with Gasteiger partial charge < -0.3 is 19.7 Å². The van der Waals surface area contributed by atoms with E-state index in [0.29, 0.717) is 23.9 Å². The summed E-state index contributed by atoms with van der Waals surface area (Å²) in [4.78, 5) is 2.00. The van der Waals surface area contributed by atoms with E-state index < -0.39 is 10.0 Å². The first kappa shape index (κ1) is 19.7. The van der Waals surface area contributed by atoms with Gasteiger partial charge in [0.2, 0.25) is 10.0 Å². The maximum absolute atomic E-state index is 12.4. The first-order valence-electron chi connectivity index (χ1n) is 7.83. The molecule has 1 aromatic heterocycles. The highest BCUT2D eigenvalue weighted by atomic mass is 32.2. The Hall–Kier alpha value is -2.59. The fraction of sp³-hybridized carbons (Fsp3) is 0.375. The monoisotopic (exact) mass is 381 g/mol. The molecule has 0 radical (unpaired) electrons. The molecule has 0 aliphatic carbocycles. The Bertz CT molecular complexity index is 842. The van der Waals surface area contributed by atoms with Gasteiger partial charge in [-0.2, -0.15) is 5.10 Å². The van der Waals surface area contributed by atoms with Crippen molar-refractivity contribution >= 4 is 21.5 Å². The first-order chi connectivity index (χ1) is 12.4. The van der Waals surface area contributed by atoms with Gasteiger partial charge in [-0.25, -0.2) is 13.1 Å². The highest BCUT2D eigenvalue weighted by Gasteiger charge is 2.16. The van der Waals surface area contributed by atoms with Crippen molar-refractivity contribution in [1.29, 1.82) is 0 Å². The SMILES string of the molecule is COc1ccc(S(=O)(=O)NCCNc2cc(N(C)C)cnn2)cc1OC. The van der Waals surface area contributed by atoms with Crippen LogP contribution >= 0.6 is 0 Å². The van der Waals surface area contributed by atoms with Crippen molar-refractivity contribution in [2.75, 3.05) is 51.6 Å². The molecule has 26 heavy (non-hydrogen) atoms. The number of benzene rings is 1. The van der Waals surface area contributed by atoms with Crippen LogP contribution in [0, 0.1) is 0 Å². The van der Waals surface area contributed by atoms with Crippen molar-refractivity contribution in [2.24, 2.45) is 0 Å². The summed E-state index contributed by atoms with van der Waals surface area (Å²) in [6, 6.07) is 6.26. The van der Waals surface area contributed by atoms with Crippen molar-refractivity contribution in [1.82, 2.24) is 14.9 Å². The number of aromatic nitrogens is 2. The summed E-state index contributed by atoms with van der Waals surface area (Å²) >= 11 is 0. The van der Waals surface area contributed by atoms with Crippen LogP contribution in [0.3, 0.4) is 0 Å². The summed E-state index contributed by atoms with van der Waals surface area (Å²) in [5.41, 5.74) is 0.897. The Labute approximate surface area is 153 Å². The Kier molecular flexibility index (Phi) is 6.58. The van der Waals surface area contributed by atoms with E-state index >= 15 is 0 Å². The molecule has 10 heteroatoms. The van der Waals surface area contributed by atoms with Crippen molar-refractivity contribution in [3.63, 3.8) is 0 Å². The van der Waals surface area contributed by atoms with Gasteiger partial charge in [0.15, 0.2) is 17.3 Å². The Morgan fingerprint density at radius 3 is 2.46 bits per heavy atom. The Balaban J connectivity index is 1.95. The second-order valence-electron chi connectivity index (χ2n) is 5.53. The van der Waals surface area contributed by atoms with Crippen LogP contribution in [0.5, 0.6) is 11.5 Å². The zero-order valence-electron chi connectivity index (χ0n) is 15.2. The topological polar surface area (TPSA) is 106 Å². The van der Waals surface area contributed by atoms with E-state index in [0.717, 1.165) is 5.69 Å². The van der Waals surface area contributed by atoms with Crippen molar-refractivity contribution in [3.8, 4) is 11.5 Å². The quantitative estimate of drug-likeness (QED) is 0.619. The van der Waals surface area contributed by atoms with Gasteiger partial charge in [0, 0.05) is 39.3 Å². The summed E-state index contributed by atoms with van der Waals surface area (Å²) in [6.45, 7) is 0.544. The van der Waals surface area contributed by atoms with E-state index in [2.05, 4.69) is 20.2 Å². The van der Waals surface area contributed by atoms with Gasteiger partial charge in [0.1, 0.15) is 0 Å². The van der Waals surface area contributed by atoms with Crippen LogP contribution < -0.4 is 24.4 Å². The second kappa shape index (κ2) is 8.68. The Morgan fingerprint density at radius 1 is 1.08 bits per heavy atom. The summed E-state index contributed by atoms with van der Waals surface area (Å²) in [7, 11) is 3.08. The van der Waals surface area contributed by atoms with Crippen LogP contribution in [0.1, 0.15) is 0 Å². The molecule has 1 heterocycles. The molecule has 0 aliphatic heterocycles. The normalized spacial score (nSPS) is 11.1. The van der Waals surface area contributed by atoms with Gasteiger partial charge in [0.25, 0.3) is 0 Å². The molecule has 0 saturated heterocycles. The van der Waals surface area contributed by atoms with E-state index in [1.54, 1.807) is 12.3 Å². The fourth-order valence-corrected chi connectivity index (χ4v) is 3.18. The van der Waals surface area contributed by atoms with Crippen LogP contribution in [-0.2, 0) is 10.0 Å². The van der Waals surface area contributed by atoms with Gasteiger partial charge in [-0.1, -0.05) is 0 Å². The van der Waals surface area contributed by atoms with E-state index in [4.69, 9.17) is 9.47 Å². The van der Waals surface area contributed by atoms with Crippen LogP contribution in [0.15, 0.2) is 35.4 Å². The number of methoxy groups -OCH3 is 2. The summed E-state index contributed by atoms with van der Waals surface area (Å²) in [6.07, 6.45) is 1.64. The number of ether oxygens (including phenoxy) is 2. The number of hydrogen-bond acceptors (Lipinski definition) is 8. The van der Waals surface area contributed by atoms with Crippen molar-refractivity contribution < 1.29 is 17.9 Å². The molecule has 2 rings (SSSR count). The highest BCUT2D eigenvalue weighted by molar-refractivity contribution is 7.89. The van der Waals surface area contributed by atoms with Gasteiger partial charge in [-0.05, 0) is 12.1 Å². The standard InChI is InChI=1S/C16H23N5O4S/c1-21(2)12-9-16(20-18-11-12)17-7-8-19-26(22,23)13-5-6-14(24-3)15(10-13)25-4/h5-6,9-11,19H,7-8H2,1-4H3,(H,17,20).